The van der Waals surface area contributed by atoms with Crippen LogP contribution in [0.25, 0.3) is 0 Å². The van der Waals surface area contributed by atoms with Crippen molar-refractivity contribution < 1.29 is 74.7 Å². The Hall–Kier alpha value is -0.600. The fourth-order valence-corrected chi connectivity index (χ4v) is 3.75. The molecule has 0 radical (unpaired) electrons. The van der Waals surface area contributed by atoms with Gasteiger partial charge in [-0.15, -0.1) is 0 Å². The second-order valence-corrected chi connectivity index (χ2v) is 7.88. The molecule has 14 atom stereocenters. The van der Waals surface area contributed by atoms with Crippen molar-refractivity contribution in [3.8, 4) is 0 Å². The number of ether oxygens (including phenoxy) is 5. The van der Waals surface area contributed by atoms with Crippen LogP contribution in [0.1, 0.15) is 0 Å². The summed E-state index contributed by atoms with van der Waals surface area (Å²) in [5.74, 6) is 0. The molecule has 0 aromatic carbocycles. The molecule has 3 aliphatic rings. The molecular weight excluding hydrogens is 444 g/mol. The predicted octanol–water partition coefficient (Wildman–Crippen LogP) is -6.93. The average molecular weight is 474 g/mol. The van der Waals surface area contributed by atoms with Gasteiger partial charge in [-0.05, 0) is 0 Å². The Bertz CT molecular complexity index is 592. The minimum Gasteiger partial charge on any atom is -0.394 e. The van der Waals surface area contributed by atoms with Gasteiger partial charge in [0.15, 0.2) is 18.9 Å². The van der Waals surface area contributed by atoms with Crippen LogP contribution in [-0.2, 0) is 23.7 Å². The van der Waals surface area contributed by atoms with Crippen LogP contribution in [-0.4, -0.2) is 157 Å². The standard InChI is InChI=1S/C17H30O15/c18-1-4-7(20)9(22)13(26)17(30-4)31-6-3-28-16(12(25)8(6)21)32-14-5(2-19)29-15(27)11(24)10(14)23/h4-27H,1-3H2/t4-,5-,6+,7+,8+,9+,10-,11-,12-,13-,14+,15+,16+,17+/m1/s1. The van der Waals surface area contributed by atoms with Crippen molar-refractivity contribution in [2.45, 2.75) is 86.0 Å². The molecule has 3 rings (SSSR count). The molecule has 0 saturated carbocycles. The maximum Gasteiger partial charge on any atom is 0.187 e. The molecule has 10 N–H and O–H groups in total. The molecule has 15 heteroatoms. The van der Waals surface area contributed by atoms with Crippen LogP contribution in [0.2, 0.25) is 0 Å². The molecule has 3 heterocycles. The fraction of sp³-hybridized carbons (Fsp3) is 1.00. The zero-order valence-electron chi connectivity index (χ0n) is 16.7. The molecule has 0 aromatic heterocycles. The molecule has 188 valence electrons. The highest BCUT2D eigenvalue weighted by Gasteiger charge is 2.50. The van der Waals surface area contributed by atoms with E-state index in [-0.39, 0.29) is 0 Å². The van der Waals surface area contributed by atoms with Crippen molar-refractivity contribution in [1.82, 2.24) is 0 Å². The van der Waals surface area contributed by atoms with Gasteiger partial charge < -0.3 is 74.7 Å². The maximum absolute atomic E-state index is 10.4. The van der Waals surface area contributed by atoms with Gasteiger partial charge in [0.05, 0.1) is 19.8 Å². The minimum absolute atomic E-state index is 0.434. The monoisotopic (exact) mass is 474 g/mol. The smallest absolute Gasteiger partial charge is 0.187 e. The number of aliphatic hydroxyl groups excluding tert-OH is 10. The Labute approximate surface area is 181 Å². The molecule has 3 aliphatic heterocycles. The lowest BCUT2D eigenvalue weighted by molar-refractivity contribution is -0.362. The Morgan fingerprint density at radius 1 is 0.594 bits per heavy atom. The molecule has 3 saturated heterocycles. The summed E-state index contributed by atoms with van der Waals surface area (Å²) in [5, 5.41) is 98.5. The molecule has 0 bridgehead atoms. The summed E-state index contributed by atoms with van der Waals surface area (Å²) in [4.78, 5) is 0. The lowest BCUT2D eigenvalue weighted by Gasteiger charge is -2.45. The highest BCUT2D eigenvalue weighted by Crippen LogP contribution is 2.29. The Morgan fingerprint density at radius 3 is 1.84 bits per heavy atom. The van der Waals surface area contributed by atoms with E-state index in [1.54, 1.807) is 0 Å². The summed E-state index contributed by atoms with van der Waals surface area (Å²) in [6, 6.07) is 0. The lowest BCUT2D eigenvalue weighted by atomic mass is 9.98. The van der Waals surface area contributed by atoms with Crippen molar-refractivity contribution in [3.05, 3.63) is 0 Å². The summed E-state index contributed by atoms with van der Waals surface area (Å²) in [6.07, 6.45) is -22.2. The molecule has 0 spiro atoms. The summed E-state index contributed by atoms with van der Waals surface area (Å²) in [6.45, 7) is -1.83. The Kier molecular flexibility index (Phi) is 8.75. The van der Waals surface area contributed by atoms with E-state index in [9.17, 15) is 51.1 Å². The first kappa shape index (κ1) is 26.0. The van der Waals surface area contributed by atoms with Crippen LogP contribution in [0.3, 0.4) is 0 Å². The van der Waals surface area contributed by atoms with Crippen LogP contribution < -0.4 is 0 Å². The van der Waals surface area contributed by atoms with Gasteiger partial charge in [-0.25, -0.2) is 0 Å². The lowest BCUT2D eigenvalue weighted by Crippen LogP contribution is -2.64. The van der Waals surface area contributed by atoms with E-state index in [4.69, 9.17) is 23.7 Å². The number of rotatable bonds is 6. The molecular formula is C17H30O15. The molecule has 15 nitrogen and oxygen atoms in total. The van der Waals surface area contributed by atoms with Gasteiger partial charge in [-0.2, -0.15) is 0 Å². The SMILES string of the molecule is OC[C@H]1O[C@@H](O[C@H]2CO[C@@H](O[C@@H]3[C@H](O)[C@@H](O)[C@@H](O)O[C@@H]3CO)[C@H](O)[C@H]2O)[C@H](O)[C@@H](O)[C@H]1O. The third-order valence-electron chi connectivity index (χ3n) is 5.72. The van der Waals surface area contributed by atoms with Crippen LogP contribution >= 0.6 is 0 Å². The number of aliphatic hydroxyl groups is 10. The molecule has 0 amide bonds. The van der Waals surface area contributed by atoms with E-state index in [0.29, 0.717) is 0 Å². The van der Waals surface area contributed by atoms with E-state index in [2.05, 4.69) is 0 Å². The molecule has 0 unspecified atom stereocenters. The Balaban J connectivity index is 1.62. The molecule has 0 aliphatic carbocycles. The third kappa shape index (κ3) is 5.07. The van der Waals surface area contributed by atoms with Crippen LogP contribution in [0.4, 0.5) is 0 Å². The normalized spacial score (nSPS) is 52.7. The van der Waals surface area contributed by atoms with E-state index < -0.39 is 106 Å². The van der Waals surface area contributed by atoms with Gasteiger partial charge in [0.25, 0.3) is 0 Å². The van der Waals surface area contributed by atoms with Crippen molar-refractivity contribution in [2.24, 2.45) is 0 Å². The first-order valence-electron chi connectivity index (χ1n) is 10.00. The van der Waals surface area contributed by atoms with E-state index in [1.807, 2.05) is 0 Å². The Morgan fingerprint density at radius 2 is 1.22 bits per heavy atom. The summed E-state index contributed by atoms with van der Waals surface area (Å²) in [7, 11) is 0. The zero-order valence-corrected chi connectivity index (χ0v) is 16.7. The highest BCUT2D eigenvalue weighted by molar-refractivity contribution is 4.93. The number of hydrogen-bond donors (Lipinski definition) is 10. The summed E-state index contributed by atoms with van der Waals surface area (Å²) < 4.78 is 26.2. The van der Waals surface area contributed by atoms with E-state index in [0.717, 1.165) is 0 Å². The van der Waals surface area contributed by atoms with Crippen LogP contribution in [0.15, 0.2) is 0 Å². The first-order chi connectivity index (χ1) is 15.1. The predicted molar refractivity (Wildman–Crippen MR) is 95.2 cm³/mol. The zero-order chi connectivity index (χ0) is 23.7. The highest BCUT2D eigenvalue weighted by atomic mass is 16.7. The first-order valence-corrected chi connectivity index (χ1v) is 10.00. The van der Waals surface area contributed by atoms with Gasteiger partial charge >= 0.3 is 0 Å². The van der Waals surface area contributed by atoms with Gasteiger partial charge in [-0.3, -0.25) is 0 Å². The summed E-state index contributed by atoms with van der Waals surface area (Å²) in [5.41, 5.74) is 0. The second kappa shape index (κ2) is 10.8. The topological polar surface area (TPSA) is 248 Å². The molecule has 0 aromatic rings. The van der Waals surface area contributed by atoms with E-state index in [1.165, 1.54) is 0 Å². The van der Waals surface area contributed by atoms with Gasteiger partial charge in [0, 0.05) is 0 Å². The fourth-order valence-electron chi connectivity index (χ4n) is 3.75. The summed E-state index contributed by atoms with van der Waals surface area (Å²) >= 11 is 0. The largest absolute Gasteiger partial charge is 0.394 e. The minimum atomic E-state index is -1.78. The van der Waals surface area contributed by atoms with Crippen LogP contribution in [0, 0.1) is 0 Å². The van der Waals surface area contributed by atoms with Crippen molar-refractivity contribution in [1.29, 1.82) is 0 Å². The van der Waals surface area contributed by atoms with Crippen LogP contribution in [0.5, 0.6) is 0 Å². The third-order valence-corrected chi connectivity index (χ3v) is 5.72. The van der Waals surface area contributed by atoms with Gasteiger partial charge in [0.1, 0.15) is 67.1 Å². The quantitative estimate of drug-likeness (QED) is 0.172. The van der Waals surface area contributed by atoms with Crippen molar-refractivity contribution >= 4 is 0 Å². The van der Waals surface area contributed by atoms with Crippen molar-refractivity contribution in [2.75, 3.05) is 19.8 Å². The van der Waals surface area contributed by atoms with E-state index >= 15 is 0 Å². The van der Waals surface area contributed by atoms with Crippen molar-refractivity contribution in [3.63, 3.8) is 0 Å². The molecule has 3 fully saturated rings. The molecule has 32 heavy (non-hydrogen) atoms. The maximum atomic E-state index is 10.4. The van der Waals surface area contributed by atoms with Gasteiger partial charge in [-0.1, -0.05) is 0 Å². The average Bonchev–Trinajstić information content (AvgIpc) is 2.78. The second-order valence-electron chi connectivity index (χ2n) is 7.88. The number of hydrogen-bond acceptors (Lipinski definition) is 15. The van der Waals surface area contributed by atoms with Gasteiger partial charge in [0.2, 0.25) is 0 Å².